The van der Waals surface area contributed by atoms with Gasteiger partial charge in [0.25, 0.3) is 5.69 Å². The van der Waals surface area contributed by atoms with Crippen molar-refractivity contribution in [1.82, 2.24) is 4.90 Å². The van der Waals surface area contributed by atoms with Gasteiger partial charge in [0.2, 0.25) is 0 Å². The number of rotatable bonds is 3. The van der Waals surface area contributed by atoms with Gasteiger partial charge in [-0.15, -0.1) is 0 Å². The predicted molar refractivity (Wildman–Crippen MR) is 88.8 cm³/mol. The summed E-state index contributed by atoms with van der Waals surface area (Å²) in [4.78, 5) is 36.0. The summed E-state index contributed by atoms with van der Waals surface area (Å²) in [7, 11) is 0. The Morgan fingerprint density at radius 2 is 2.21 bits per heavy atom. The smallest absolute Gasteiger partial charge is 0.321 e. The van der Waals surface area contributed by atoms with Crippen molar-refractivity contribution in [2.24, 2.45) is 11.3 Å². The lowest BCUT2D eigenvalue weighted by atomic mass is 9.81. The zero-order valence-corrected chi connectivity index (χ0v) is 14.3. The summed E-state index contributed by atoms with van der Waals surface area (Å²) in [6.07, 6.45) is 2.26. The van der Waals surface area contributed by atoms with Crippen LogP contribution in [0.4, 0.5) is 16.2 Å². The lowest BCUT2D eigenvalue weighted by molar-refractivity contribution is -0.385. The van der Waals surface area contributed by atoms with Gasteiger partial charge in [-0.1, -0.05) is 6.42 Å². The first kappa shape index (κ1) is 16.7. The molecule has 2 atom stereocenters. The molecule has 0 unspecified atom stereocenters. The van der Waals surface area contributed by atoms with Gasteiger partial charge in [0, 0.05) is 24.8 Å². The third kappa shape index (κ3) is 2.72. The first-order valence-electron chi connectivity index (χ1n) is 7.57. The molecule has 2 amide bonds. The number of anilines is 1. The summed E-state index contributed by atoms with van der Waals surface area (Å²) >= 11 is 3.09. The highest BCUT2D eigenvalue weighted by Crippen LogP contribution is 2.49. The van der Waals surface area contributed by atoms with Gasteiger partial charge in [-0.25, -0.2) is 4.79 Å². The molecule has 0 bridgehead atoms. The fraction of sp³-hybridized carbons (Fsp3) is 0.467. The maximum Gasteiger partial charge on any atom is 0.321 e. The van der Waals surface area contributed by atoms with Crippen molar-refractivity contribution >= 4 is 39.3 Å². The third-order valence-electron chi connectivity index (χ3n) is 4.98. The average Bonchev–Trinajstić information content (AvgIpc) is 3.06. The van der Waals surface area contributed by atoms with E-state index in [1.807, 2.05) is 0 Å². The molecule has 0 spiro atoms. The number of carboxylic acids is 1. The number of halogens is 1. The molecule has 2 aliphatic rings. The van der Waals surface area contributed by atoms with Crippen LogP contribution in [0.15, 0.2) is 22.7 Å². The summed E-state index contributed by atoms with van der Waals surface area (Å²) in [6.45, 7) is 0.578. The number of hydrogen-bond donors (Lipinski definition) is 2. The third-order valence-corrected chi connectivity index (χ3v) is 5.65. The van der Waals surface area contributed by atoms with E-state index in [0.29, 0.717) is 23.1 Å². The van der Waals surface area contributed by atoms with E-state index in [0.717, 1.165) is 12.8 Å². The van der Waals surface area contributed by atoms with Crippen LogP contribution < -0.4 is 5.32 Å². The molecule has 1 aliphatic heterocycles. The van der Waals surface area contributed by atoms with Crippen LogP contribution in [-0.2, 0) is 4.79 Å². The number of benzene rings is 1. The summed E-state index contributed by atoms with van der Waals surface area (Å²) in [5, 5.41) is 23.1. The average molecular weight is 398 g/mol. The molecular weight excluding hydrogens is 382 g/mol. The van der Waals surface area contributed by atoms with Crippen molar-refractivity contribution in [3.8, 4) is 0 Å². The zero-order chi connectivity index (χ0) is 17.5. The fourth-order valence-electron chi connectivity index (χ4n) is 3.73. The number of carbonyl (C=O) groups excluding carboxylic acids is 1. The second kappa shape index (κ2) is 6.04. The Labute approximate surface area is 146 Å². The van der Waals surface area contributed by atoms with Crippen LogP contribution in [0.1, 0.15) is 19.3 Å². The number of nitrogens with one attached hydrogen (secondary N) is 1. The second-order valence-corrected chi connectivity index (χ2v) is 7.14. The van der Waals surface area contributed by atoms with Crippen LogP contribution in [0.2, 0.25) is 0 Å². The molecular formula is C15H16BrN3O5. The molecule has 2 fully saturated rings. The van der Waals surface area contributed by atoms with Crippen molar-refractivity contribution in [2.45, 2.75) is 19.3 Å². The molecule has 8 nitrogen and oxygen atoms in total. The number of urea groups is 1. The van der Waals surface area contributed by atoms with Crippen LogP contribution in [0, 0.1) is 21.4 Å². The van der Waals surface area contributed by atoms with Crippen LogP contribution >= 0.6 is 15.9 Å². The molecule has 3 rings (SSSR count). The largest absolute Gasteiger partial charge is 0.481 e. The summed E-state index contributed by atoms with van der Waals surface area (Å²) in [5.41, 5.74) is -0.687. The molecule has 1 aliphatic carbocycles. The first-order chi connectivity index (χ1) is 11.3. The molecule has 128 valence electrons. The highest BCUT2D eigenvalue weighted by molar-refractivity contribution is 9.10. The highest BCUT2D eigenvalue weighted by Gasteiger charge is 2.55. The van der Waals surface area contributed by atoms with E-state index in [1.54, 1.807) is 6.07 Å². The van der Waals surface area contributed by atoms with E-state index in [1.165, 1.54) is 17.0 Å². The molecule has 1 heterocycles. The van der Waals surface area contributed by atoms with Gasteiger partial charge in [-0.2, -0.15) is 0 Å². The van der Waals surface area contributed by atoms with E-state index in [-0.39, 0.29) is 18.2 Å². The summed E-state index contributed by atoms with van der Waals surface area (Å²) in [6, 6.07) is 3.89. The van der Waals surface area contributed by atoms with Crippen LogP contribution in [-0.4, -0.2) is 40.0 Å². The minimum absolute atomic E-state index is 0.0278. The normalized spacial score (nSPS) is 25.4. The monoisotopic (exact) mass is 397 g/mol. The van der Waals surface area contributed by atoms with Crippen molar-refractivity contribution in [2.75, 3.05) is 18.4 Å². The number of carbonyl (C=O) groups is 2. The predicted octanol–water partition coefficient (Wildman–Crippen LogP) is 3.08. The number of fused-ring (bicyclic) bond motifs is 1. The van der Waals surface area contributed by atoms with E-state index in [2.05, 4.69) is 21.2 Å². The summed E-state index contributed by atoms with van der Waals surface area (Å²) < 4.78 is 0.325. The quantitative estimate of drug-likeness (QED) is 0.600. The molecule has 1 saturated carbocycles. The van der Waals surface area contributed by atoms with Crippen LogP contribution in [0.5, 0.6) is 0 Å². The van der Waals surface area contributed by atoms with Crippen LogP contribution in [0.3, 0.4) is 0 Å². The SMILES string of the molecule is O=C(Nc1ccc(Br)c([N+](=O)[O-])c1)N1C[C@@H]2CCC[C@@]2(C(=O)O)C1. The van der Waals surface area contributed by atoms with Gasteiger partial charge < -0.3 is 15.3 Å². The Bertz CT molecular complexity index is 725. The van der Waals surface area contributed by atoms with Gasteiger partial charge in [0.15, 0.2) is 0 Å². The van der Waals surface area contributed by atoms with Crippen molar-refractivity contribution in [1.29, 1.82) is 0 Å². The molecule has 0 radical (unpaired) electrons. The Hall–Kier alpha value is -2.16. The minimum Gasteiger partial charge on any atom is -0.481 e. The standard InChI is InChI=1S/C15H16BrN3O5/c16-11-4-3-10(6-12(11)19(23)24)17-14(22)18-7-9-2-1-5-15(9,8-18)13(20)21/h3-4,6,9H,1-2,5,7-8H2,(H,17,22)(H,20,21)/t9-,15+/m0/s1. The minimum atomic E-state index is -0.848. The second-order valence-electron chi connectivity index (χ2n) is 6.28. The number of nitrogens with zero attached hydrogens (tertiary/aromatic N) is 2. The summed E-state index contributed by atoms with van der Waals surface area (Å²) in [5.74, 6) is -0.875. The van der Waals surface area contributed by atoms with Crippen molar-refractivity contribution in [3.63, 3.8) is 0 Å². The number of aliphatic carboxylic acids is 1. The first-order valence-corrected chi connectivity index (χ1v) is 8.36. The molecule has 9 heteroatoms. The fourth-order valence-corrected chi connectivity index (χ4v) is 4.12. The molecule has 1 saturated heterocycles. The number of likely N-dealkylation sites (tertiary alicyclic amines) is 1. The van der Waals surface area contributed by atoms with Crippen molar-refractivity contribution < 1.29 is 19.6 Å². The van der Waals surface area contributed by atoms with E-state index >= 15 is 0 Å². The maximum atomic E-state index is 12.4. The Balaban J connectivity index is 1.74. The molecule has 2 N–H and O–H groups in total. The zero-order valence-electron chi connectivity index (χ0n) is 12.7. The van der Waals surface area contributed by atoms with Gasteiger partial charge in [-0.05, 0) is 46.8 Å². The Morgan fingerprint density at radius 3 is 2.83 bits per heavy atom. The van der Waals surface area contributed by atoms with Gasteiger partial charge in [-0.3, -0.25) is 14.9 Å². The van der Waals surface area contributed by atoms with Crippen molar-refractivity contribution in [3.05, 3.63) is 32.8 Å². The topological polar surface area (TPSA) is 113 Å². The molecule has 24 heavy (non-hydrogen) atoms. The number of carboxylic acid groups (broad SMARTS) is 1. The maximum absolute atomic E-state index is 12.4. The lowest BCUT2D eigenvalue weighted by Gasteiger charge is -2.23. The van der Waals surface area contributed by atoms with Gasteiger partial charge in [0.05, 0.1) is 14.8 Å². The number of nitro groups is 1. The molecule has 0 aromatic heterocycles. The lowest BCUT2D eigenvalue weighted by Crippen LogP contribution is -2.38. The Kier molecular flexibility index (Phi) is 4.20. The van der Waals surface area contributed by atoms with E-state index in [4.69, 9.17) is 0 Å². The van der Waals surface area contributed by atoms with Gasteiger partial charge in [0.1, 0.15) is 0 Å². The van der Waals surface area contributed by atoms with E-state index < -0.39 is 22.3 Å². The number of hydrogen-bond acceptors (Lipinski definition) is 4. The Morgan fingerprint density at radius 1 is 1.46 bits per heavy atom. The number of nitro benzene ring substituents is 1. The highest BCUT2D eigenvalue weighted by atomic mass is 79.9. The molecule has 1 aromatic rings. The van der Waals surface area contributed by atoms with Crippen LogP contribution in [0.25, 0.3) is 0 Å². The van der Waals surface area contributed by atoms with E-state index in [9.17, 15) is 24.8 Å². The van der Waals surface area contributed by atoms with Gasteiger partial charge >= 0.3 is 12.0 Å². The molecule has 1 aromatic carbocycles. The number of amides is 2.